The third-order valence-corrected chi connectivity index (χ3v) is 4.22. The second-order valence-corrected chi connectivity index (χ2v) is 6.33. The molecule has 2 heterocycles. The van der Waals surface area contributed by atoms with Crippen molar-refractivity contribution in [2.24, 2.45) is 5.92 Å². The predicted octanol–water partition coefficient (Wildman–Crippen LogP) is 2.18. The zero-order chi connectivity index (χ0) is 17.1. The number of nitrogens with zero attached hydrogens (tertiary/aromatic N) is 4. The lowest BCUT2D eigenvalue weighted by molar-refractivity contribution is -0.134. The number of carbonyl (C=O) groups excluding carboxylic acids is 1. The van der Waals surface area contributed by atoms with E-state index in [-0.39, 0.29) is 17.6 Å². The highest BCUT2D eigenvalue weighted by Crippen LogP contribution is 2.21. The molecule has 2 aromatic rings. The molecular formula is C17H21FN4O2. The number of halogens is 1. The highest BCUT2D eigenvalue weighted by atomic mass is 19.1. The van der Waals surface area contributed by atoms with Crippen molar-refractivity contribution in [1.29, 1.82) is 0 Å². The van der Waals surface area contributed by atoms with Gasteiger partial charge in [0.05, 0.1) is 12.5 Å². The lowest BCUT2D eigenvalue weighted by Crippen LogP contribution is -2.42. The van der Waals surface area contributed by atoms with Crippen LogP contribution in [0.25, 0.3) is 11.4 Å². The topological polar surface area (TPSA) is 62.5 Å². The largest absolute Gasteiger partial charge is 0.349 e. The molecule has 0 radical (unpaired) electrons. The van der Waals surface area contributed by atoms with Crippen LogP contribution in [-0.2, 0) is 11.3 Å². The summed E-state index contributed by atoms with van der Waals surface area (Å²) in [7, 11) is 3.57. The Morgan fingerprint density at radius 1 is 1.38 bits per heavy atom. The molecular weight excluding hydrogens is 311 g/mol. The first-order valence-electron chi connectivity index (χ1n) is 8.05. The van der Waals surface area contributed by atoms with Crippen molar-refractivity contribution in [3.63, 3.8) is 0 Å². The SMILES string of the molecule is CN(C)C(=O)C1CCCN(Cc2nc(-c3ccc(F)cc3)no2)C1. The number of benzene rings is 1. The minimum atomic E-state index is -0.299. The molecule has 1 aromatic heterocycles. The number of hydrogen-bond acceptors (Lipinski definition) is 5. The number of carbonyl (C=O) groups is 1. The van der Waals surface area contributed by atoms with E-state index in [1.54, 1.807) is 31.1 Å². The molecule has 3 rings (SSSR count). The van der Waals surface area contributed by atoms with E-state index in [9.17, 15) is 9.18 Å². The van der Waals surface area contributed by atoms with Crippen LogP contribution in [0.4, 0.5) is 4.39 Å². The molecule has 128 valence electrons. The average Bonchev–Trinajstić information content (AvgIpc) is 3.03. The molecule has 1 aliphatic heterocycles. The smallest absolute Gasteiger partial charge is 0.241 e. The molecule has 7 heteroatoms. The fraction of sp³-hybridized carbons (Fsp3) is 0.471. The number of likely N-dealkylation sites (tertiary alicyclic amines) is 1. The molecule has 0 spiro atoms. The Labute approximate surface area is 140 Å². The zero-order valence-electron chi connectivity index (χ0n) is 13.9. The van der Waals surface area contributed by atoms with Gasteiger partial charge in [0.15, 0.2) is 0 Å². The fourth-order valence-corrected chi connectivity index (χ4v) is 2.99. The Bertz CT molecular complexity index is 699. The Morgan fingerprint density at radius 3 is 2.83 bits per heavy atom. The number of piperidine rings is 1. The van der Waals surface area contributed by atoms with Crippen LogP contribution >= 0.6 is 0 Å². The zero-order valence-corrected chi connectivity index (χ0v) is 13.9. The summed E-state index contributed by atoms with van der Waals surface area (Å²) in [4.78, 5) is 20.3. The van der Waals surface area contributed by atoms with Gasteiger partial charge in [-0.3, -0.25) is 9.69 Å². The van der Waals surface area contributed by atoms with E-state index in [0.29, 0.717) is 30.4 Å². The minimum absolute atomic E-state index is 0.0215. The second kappa shape index (κ2) is 7.09. The van der Waals surface area contributed by atoms with E-state index in [2.05, 4.69) is 15.0 Å². The molecule has 0 saturated carbocycles. The monoisotopic (exact) mass is 332 g/mol. The van der Waals surface area contributed by atoms with E-state index in [1.807, 2.05) is 0 Å². The number of amides is 1. The van der Waals surface area contributed by atoms with Crippen LogP contribution in [0.1, 0.15) is 18.7 Å². The van der Waals surface area contributed by atoms with Crippen molar-refractivity contribution in [3.05, 3.63) is 36.0 Å². The van der Waals surface area contributed by atoms with E-state index in [0.717, 1.165) is 19.4 Å². The lowest BCUT2D eigenvalue weighted by atomic mass is 9.97. The summed E-state index contributed by atoms with van der Waals surface area (Å²) >= 11 is 0. The molecule has 0 aliphatic carbocycles. The quantitative estimate of drug-likeness (QED) is 0.859. The first-order valence-corrected chi connectivity index (χ1v) is 8.05. The Hall–Kier alpha value is -2.28. The fourth-order valence-electron chi connectivity index (χ4n) is 2.99. The first kappa shape index (κ1) is 16.6. The summed E-state index contributed by atoms with van der Waals surface area (Å²) < 4.78 is 18.3. The third-order valence-electron chi connectivity index (χ3n) is 4.22. The third kappa shape index (κ3) is 3.79. The summed E-state index contributed by atoms with van der Waals surface area (Å²) in [6.07, 6.45) is 1.89. The van der Waals surface area contributed by atoms with Gasteiger partial charge in [-0.25, -0.2) is 4.39 Å². The maximum Gasteiger partial charge on any atom is 0.241 e. The van der Waals surface area contributed by atoms with E-state index < -0.39 is 0 Å². The van der Waals surface area contributed by atoms with Crippen LogP contribution in [0, 0.1) is 11.7 Å². The molecule has 1 amide bonds. The Balaban J connectivity index is 1.64. The maximum absolute atomic E-state index is 13.0. The minimum Gasteiger partial charge on any atom is -0.349 e. The second-order valence-electron chi connectivity index (χ2n) is 6.33. The molecule has 6 nitrogen and oxygen atoms in total. The van der Waals surface area contributed by atoms with Gasteiger partial charge in [0, 0.05) is 26.2 Å². The number of hydrogen-bond donors (Lipinski definition) is 0. The number of aromatic nitrogens is 2. The first-order chi connectivity index (χ1) is 11.5. The van der Waals surface area contributed by atoms with Gasteiger partial charge in [-0.2, -0.15) is 4.98 Å². The van der Waals surface area contributed by atoms with Crippen molar-refractivity contribution >= 4 is 5.91 Å². The Morgan fingerprint density at radius 2 is 2.12 bits per heavy atom. The number of rotatable bonds is 4. The predicted molar refractivity (Wildman–Crippen MR) is 86.4 cm³/mol. The lowest BCUT2D eigenvalue weighted by Gasteiger charge is -2.32. The van der Waals surface area contributed by atoms with Crippen molar-refractivity contribution < 1.29 is 13.7 Å². The van der Waals surface area contributed by atoms with Gasteiger partial charge >= 0.3 is 0 Å². The van der Waals surface area contributed by atoms with Crippen LogP contribution in [0.15, 0.2) is 28.8 Å². The van der Waals surface area contributed by atoms with Crippen molar-refractivity contribution in [3.8, 4) is 11.4 Å². The van der Waals surface area contributed by atoms with Gasteiger partial charge < -0.3 is 9.42 Å². The molecule has 1 aromatic carbocycles. The van der Waals surface area contributed by atoms with Gasteiger partial charge in [-0.05, 0) is 43.7 Å². The van der Waals surface area contributed by atoms with Gasteiger partial charge in [0.2, 0.25) is 17.6 Å². The normalized spacial score (nSPS) is 18.5. The Kier molecular flexibility index (Phi) is 4.89. The molecule has 1 atom stereocenters. The highest BCUT2D eigenvalue weighted by molar-refractivity contribution is 5.78. The van der Waals surface area contributed by atoms with Crippen LogP contribution in [-0.4, -0.2) is 53.0 Å². The van der Waals surface area contributed by atoms with Crippen LogP contribution in [0.5, 0.6) is 0 Å². The summed E-state index contributed by atoms with van der Waals surface area (Å²) in [6, 6.07) is 5.98. The standard InChI is InChI=1S/C17H21FN4O2/c1-21(2)17(23)13-4-3-9-22(10-13)11-15-19-16(20-24-15)12-5-7-14(18)8-6-12/h5-8,13H,3-4,9-11H2,1-2H3. The molecule has 0 bridgehead atoms. The average molecular weight is 332 g/mol. The van der Waals surface area contributed by atoms with Crippen LogP contribution < -0.4 is 0 Å². The van der Waals surface area contributed by atoms with Crippen LogP contribution in [0.2, 0.25) is 0 Å². The maximum atomic E-state index is 13.0. The van der Waals surface area contributed by atoms with Gasteiger partial charge in [0.1, 0.15) is 5.82 Å². The molecule has 24 heavy (non-hydrogen) atoms. The van der Waals surface area contributed by atoms with Crippen LogP contribution in [0.3, 0.4) is 0 Å². The molecule has 1 unspecified atom stereocenters. The summed E-state index contributed by atoms with van der Waals surface area (Å²) in [6.45, 7) is 2.13. The van der Waals surface area contributed by atoms with Crippen molar-refractivity contribution in [2.45, 2.75) is 19.4 Å². The van der Waals surface area contributed by atoms with Gasteiger partial charge in [-0.1, -0.05) is 5.16 Å². The summed E-state index contributed by atoms with van der Waals surface area (Å²) in [5, 5.41) is 3.95. The van der Waals surface area contributed by atoms with Crippen molar-refractivity contribution in [2.75, 3.05) is 27.2 Å². The molecule has 0 N–H and O–H groups in total. The summed E-state index contributed by atoms with van der Waals surface area (Å²) in [5.74, 6) is 0.841. The summed E-state index contributed by atoms with van der Waals surface area (Å²) in [5.41, 5.74) is 0.714. The molecule has 1 aliphatic rings. The van der Waals surface area contributed by atoms with E-state index in [1.165, 1.54) is 12.1 Å². The highest BCUT2D eigenvalue weighted by Gasteiger charge is 2.27. The van der Waals surface area contributed by atoms with E-state index in [4.69, 9.17) is 4.52 Å². The molecule has 1 saturated heterocycles. The van der Waals surface area contributed by atoms with Gasteiger partial charge in [-0.15, -0.1) is 0 Å². The van der Waals surface area contributed by atoms with E-state index >= 15 is 0 Å². The molecule has 1 fully saturated rings. The van der Waals surface area contributed by atoms with Crippen molar-refractivity contribution in [1.82, 2.24) is 19.9 Å². The van der Waals surface area contributed by atoms with Gasteiger partial charge in [0.25, 0.3) is 0 Å².